The van der Waals surface area contributed by atoms with E-state index in [0.29, 0.717) is 11.2 Å². The second-order valence-electron chi connectivity index (χ2n) is 2.42. The highest BCUT2D eigenvalue weighted by atomic mass is 32.2. The lowest BCUT2D eigenvalue weighted by atomic mass is 10.2. The van der Waals surface area contributed by atoms with Crippen molar-refractivity contribution in [3.63, 3.8) is 0 Å². The molecular formula is C7H17NO2S2. The van der Waals surface area contributed by atoms with Crippen LogP contribution < -0.4 is 5.48 Å². The molecular weight excluding hydrogens is 194 g/mol. The number of hydroxylamine groups is 1. The topological polar surface area (TPSA) is 41.5 Å². The summed E-state index contributed by atoms with van der Waals surface area (Å²) in [6.45, 7) is 0.550. The van der Waals surface area contributed by atoms with Gasteiger partial charge in [-0.2, -0.15) is 23.5 Å². The fraction of sp³-hybridized carbons (Fsp3) is 1.00. The smallest absolute Gasteiger partial charge is 0.0639 e. The molecule has 0 rings (SSSR count). The lowest BCUT2D eigenvalue weighted by molar-refractivity contribution is 0.0694. The first-order valence-corrected chi connectivity index (χ1v) is 6.30. The van der Waals surface area contributed by atoms with Gasteiger partial charge in [0.2, 0.25) is 0 Å². The minimum atomic E-state index is 0.0416. The Hall–Kier alpha value is 0.580. The largest absolute Gasteiger partial charge is 0.383 e. The molecule has 0 unspecified atom stereocenters. The molecule has 3 nitrogen and oxygen atoms in total. The summed E-state index contributed by atoms with van der Waals surface area (Å²) in [7, 11) is 1.64. The molecule has 0 amide bonds. The summed E-state index contributed by atoms with van der Waals surface area (Å²) >= 11 is 3.59. The predicted molar refractivity (Wildman–Crippen MR) is 56.0 cm³/mol. The Balaban J connectivity index is 3.65. The van der Waals surface area contributed by atoms with Crippen LogP contribution in [0.4, 0.5) is 0 Å². The molecule has 0 aromatic carbocycles. The maximum atomic E-state index is 8.75. The van der Waals surface area contributed by atoms with E-state index in [0.717, 1.165) is 6.42 Å². The standard InChI is InChI=1S/C7H17NO2S2/c1-10-5-6(8-9)4-7(11-2)12-3/h6-9H,4-5H2,1-3H3/t6-/m0/s1. The van der Waals surface area contributed by atoms with Crippen molar-refractivity contribution < 1.29 is 9.94 Å². The average Bonchev–Trinajstić information content (AvgIpc) is 2.12. The second-order valence-corrected chi connectivity index (χ2v) is 4.80. The van der Waals surface area contributed by atoms with Gasteiger partial charge in [0.1, 0.15) is 0 Å². The van der Waals surface area contributed by atoms with Crippen molar-refractivity contribution in [2.24, 2.45) is 0 Å². The van der Waals surface area contributed by atoms with E-state index in [1.165, 1.54) is 0 Å². The number of hydrogen-bond acceptors (Lipinski definition) is 5. The fourth-order valence-corrected chi connectivity index (χ4v) is 2.50. The molecule has 0 aromatic rings. The van der Waals surface area contributed by atoms with Gasteiger partial charge in [0, 0.05) is 7.11 Å². The van der Waals surface area contributed by atoms with Gasteiger partial charge in [0.05, 0.1) is 17.2 Å². The molecule has 5 heteroatoms. The van der Waals surface area contributed by atoms with E-state index in [2.05, 4.69) is 18.0 Å². The monoisotopic (exact) mass is 211 g/mol. The lowest BCUT2D eigenvalue weighted by Crippen LogP contribution is -2.32. The minimum Gasteiger partial charge on any atom is -0.383 e. The zero-order valence-corrected chi connectivity index (χ0v) is 9.37. The van der Waals surface area contributed by atoms with Crippen LogP contribution in [0.25, 0.3) is 0 Å². The zero-order chi connectivity index (χ0) is 9.40. The maximum Gasteiger partial charge on any atom is 0.0639 e. The Morgan fingerprint density at radius 3 is 2.33 bits per heavy atom. The number of rotatable bonds is 7. The molecule has 1 atom stereocenters. The van der Waals surface area contributed by atoms with Gasteiger partial charge in [-0.25, -0.2) is 5.48 Å². The summed E-state index contributed by atoms with van der Waals surface area (Å²) in [5, 5.41) is 8.75. The Morgan fingerprint density at radius 2 is 2.00 bits per heavy atom. The van der Waals surface area contributed by atoms with Crippen LogP contribution in [0.1, 0.15) is 6.42 Å². The number of nitrogens with one attached hydrogen (secondary N) is 1. The molecule has 2 N–H and O–H groups in total. The van der Waals surface area contributed by atoms with Crippen LogP contribution in [-0.2, 0) is 4.74 Å². The quantitative estimate of drug-likeness (QED) is 0.492. The van der Waals surface area contributed by atoms with Crippen LogP contribution in [-0.4, -0.2) is 42.1 Å². The van der Waals surface area contributed by atoms with E-state index in [4.69, 9.17) is 9.94 Å². The van der Waals surface area contributed by atoms with E-state index in [1.807, 2.05) is 0 Å². The number of methoxy groups -OCH3 is 1. The highest BCUT2D eigenvalue weighted by Gasteiger charge is 2.13. The van der Waals surface area contributed by atoms with Gasteiger partial charge in [-0.3, -0.25) is 0 Å². The highest BCUT2D eigenvalue weighted by molar-refractivity contribution is 8.16. The van der Waals surface area contributed by atoms with Gasteiger partial charge in [0.15, 0.2) is 0 Å². The number of hydrogen-bond donors (Lipinski definition) is 2. The van der Waals surface area contributed by atoms with Crippen molar-refractivity contribution in [1.29, 1.82) is 0 Å². The Morgan fingerprint density at radius 1 is 1.42 bits per heavy atom. The van der Waals surface area contributed by atoms with Crippen molar-refractivity contribution in [2.45, 2.75) is 17.0 Å². The fourth-order valence-electron chi connectivity index (χ4n) is 0.880. The van der Waals surface area contributed by atoms with E-state index in [1.54, 1.807) is 30.6 Å². The molecule has 12 heavy (non-hydrogen) atoms. The first-order chi connectivity index (χ1) is 5.78. The average molecular weight is 211 g/mol. The summed E-state index contributed by atoms with van der Waals surface area (Å²) < 4.78 is 5.46. The van der Waals surface area contributed by atoms with Crippen LogP contribution in [0.5, 0.6) is 0 Å². The van der Waals surface area contributed by atoms with Gasteiger partial charge >= 0.3 is 0 Å². The molecule has 0 spiro atoms. The Kier molecular flexibility index (Phi) is 8.59. The first kappa shape index (κ1) is 12.6. The number of thioether (sulfide) groups is 2. The molecule has 0 saturated carbocycles. The predicted octanol–water partition coefficient (Wildman–Crippen LogP) is 1.42. The molecule has 0 fully saturated rings. The van der Waals surface area contributed by atoms with Crippen LogP contribution in [0.15, 0.2) is 0 Å². The Bertz CT molecular complexity index is 101. The SMILES string of the molecule is COC[C@H](CC(SC)SC)NO. The molecule has 0 aliphatic carbocycles. The van der Waals surface area contributed by atoms with Crippen molar-refractivity contribution >= 4 is 23.5 Å². The molecule has 0 bridgehead atoms. The summed E-state index contributed by atoms with van der Waals surface area (Å²) in [5.74, 6) is 0. The number of ether oxygens (including phenoxy) is 1. The molecule has 0 aliphatic rings. The van der Waals surface area contributed by atoms with E-state index in [-0.39, 0.29) is 6.04 Å². The van der Waals surface area contributed by atoms with Crippen molar-refractivity contribution in [1.82, 2.24) is 5.48 Å². The van der Waals surface area contributed by atoms with Gasteiger partial charge < -0.3 is 9.94 Å². The lowest BCUT2D eigenvalue weighted by Gasteiger charge is -2.18. The first-order valence-electron chi connectivity index (χ1n) is 3.72. The third kappa shape index (κ3) is 5.27. The molecule has 0 radical (unpaired) electrons. The van der Waals surface area contributed by atoms with E-state index < -0.39 is 0 Å². The summed E-state index contributed by atoms with van der Waals surface area (Å²) in [6, 6.07) is 0.0416. The van der Waals surface area contributed by atoms with Crippen LogP contribution in [0.3, 0.4) is 0 Å². The third-order valence-corrected chi connectivity index (χ3v) is 4.14. The maximum absolute atomic E-state index is 8.75. The summed E-state index contributed by atoms with van der Waals surface area (Å²) in [6.07, 6.45) is 5.05. The molecule has 0 aromatic heterocycles. The molecule has 0 aliphatic heterocycles. The van der Waals surface area contributed by atoms with Crippen molar-refractivity contribution in [2.75, 3.05) is 26.2 Å². The van der Waals surface area contributed by atoms with Crippen LogP contribution >= 0.6 is 23.5 Å². The second kappa shape index (κ2) is 8.19. The van der Waals surface area contributed by atoms with E-state index >= 15 is 0 Å². The highest BCUT2D eigenvalue weighted by Crippen LogP contribution is 2.23. The molecule has 0 heterocycles. The van der Waals surface area contributed by atoms with E-state index in [9.17, 15) is 0 Å². The Labute approximate surface area is 82.6 Å². The zero-order valence-electron chi connectivity index (χ0n) is 7.74. The normalized spacial score (nSPS) is 13.8. The third-order valence-electron chi connectivity index (χ3n) is 1.55. The summed E-state index contributed by atoms with van der Waals surface area (Å²) in [5.41, 5.74) is 2.25. The summed E-state index contributed by atoms with van der Waals surface area (Å²) in [4.78, 5) is 0. The van der Waals surface area contributed by atoms with Gasteiger partial charge in [-0.15, -0.1) is 0 Å². The molecule has 0 saturated heterocycles. The van der Waals surface area contributed by atoms with Crippen LogP contribution in [0.2, 0.25) is 0 Å². The van der Waals surface area contributed by atoms with Crippen LogP contribution in [0, 0.1) is 0 Å². The van der Waals surface area contributed by atoms with Gasteiger partial charge in [0.25, 0.3) is 0 Å². The van der Waals surface area contributed by atoms with Gasteiger partial charge in [-0.1, -0.05) is 0 Å². The van der Waals surface area contributed by atoms with Crippen molar-refractivity contribution in [3.05, 3.63) is 0 Å². The van der Waals surface area contributed by atoms with Crippen molar-refractivity contribution in [3.8, 4) is 0 Å². The molecule has 74 valence electrons. The minimum absolute atomic E-state index is 0.0416. The van der Waals surface area contributed by atoms with Gasteiger partial charge in [-0.05, 0) is 18.9 Å².